The van der Waals surface area contributed by atoms with E-state index in [1.165, 1.54) is 12.8 Å². The molecule has 1 aliphatic rings. The first-order chi connectivity index (χ1) is 9.09. The lowest BCUT2D eigenvalue weighted by Crippen LogP contribution is -2.33. The molecular weight excluding hydrogens is 240 g/mol. The molecule has 1 N–H and O–H groups in total. The molecule has 1 aliphatic carbocycles. The van der Waals surface area contributed by atoms with Gasteiger partial charge in [0.1, 0.15) is 0 Å². The number of nitro benzene ring substituents is 1. The zero-order chi connectivity index (χ0) is 13.8. The summed E-state index contributed by atoms with van der Waals surface area (Å²) < 4.78 is 0. The van der Waals surface area contributed by atoms with Crippen LogP contribution in [0.2, 0.25) is 0 Å². The van der Waals surface area contributed by atoms with Crippen molar-refractivity contribution in [1.82, 2.24) is 5.32 Å². The summed E-state index contributed by atoms with van der Waals surface area (Å²) in [5.74, 6) is 1.48. The van der Waals surface area contributed by atoms with Crippen molar-refractivity contribution in [1.29, 1.82) is 0 Å². The fourth-order valence-corrected chi connectivity index (χ4v) is 2.95. The van der Waals surface area contributed by atoms with Crippen molar-refractivity contribution in [2.45, 2.75) is 39.2 Å². The van der Waals surface area contributed by atoms with E-state index in [0.29, 0.717) is 12.0 Å². The van der Waals surface area contributed by atoms with Crippen molar-refractivity contribution in [2.75, 3.05) is 6.54 Å². The normalized spacial score (nSPS) is 26.5. The second-order valence-corrected chi connectivity index (χ2v) is 5.61. The van der Waals surface area contributed by atoms with Gasteiger partial charge in [-0.3, -0.25) is 10.1 Å². The predicted octanol–water partition coefficient (Wildman–Crippen LogP) is 3.16. The number of benzene rings is 1. The fourth-order valence-electron chi connectivity index (χ4n) is 2.95. The van der Waals surface area contributed by atoms with Crippen LogP contribution >= 0.6 is 0 Å². The Kier molecular flexibility index (Phi) is 4.53. The molecule has 0 radical (unpaired) electrons. The molecule has 0 saturated heterocycles. The van der Waals surface area contributed by atoms with E-state index in [2.05, 4.69) is 19.2 Å². The van der Waals surface area contributed by atoms with E-state index in [1.54, 1.807) is 12.1 Å². The Bertz CT molecular complexity index is 448. The molecule has 4 nitrogen and oxygen atoms in total. The van der Waals surface area contributed by atoms with Gasteiger partial charge in [-0.15, -0.1) is 0 Å². The van der Waals surface area contributed by atoms with Gasteiger partial charge in [-0.2, -0.15) is 0 Å². The lowest BCUT2D eigenvalue weighted by molar-refractivity contribution is -0.385. The van der Waals surface area contributed by atoms with Crippen LogP contribution in [0.5, 0.6) is 0 Å². The largest absolute Gasteiger partial charge is 0.313 e. The Labute approximate surface area is 114 Å². The van der Waals surface area contributed by atoms with Gasteiger partial charge >= 0.3 is 0 Å². The molecule has 2 rings (SSSR count). The highest BCUT2D eigenvalue weighted by Crippen LogP contribution is 2.31. The second kappa shape index (κ2) is 6.15. The Balaban J connectivity index is 1.88. The molecule has 0 bridgehead atoms. The van der Waals surface area contributed by atoms with Crippen molar-refractivity contribution < 1.29 is 4.92 Å². The molecule has 3 unspecified atom stereocenters. The topological polar surface area (TPSA) is 55.2 Å². The minimum absolute atomic E-state index is 0.233. The second-order valence-electron chi connectivity index (χ2n) is 5.61. The standard InChI is InChI=1S/C15H22N2O2/c1-11-7-8-14(12(11)2)16-10-9-13-5-3-4-6-15(13)17(18)19/h3-6,11-12,14,16H,7-10H2,1-2H3. The quantitative estimate of drug-likeness (QED) is 0.655. The predicted molar refractivity (Wildman–Crippen MR) is 76.2 cm³/mol. The van der Waals surface area contributed by atoms with Gasteiger partial charge in [0.05, 0.1) is 4.92 Å². The summed E-state index contributed by atoms with van der Waals surface area (Å²) in [7, 11) is 0. The molecule has 3 atom stereocenters. The van der Waals surface area contributed by atoms with Gasteiger partial charge in [-0.1, -0.05) is 32.0 Å². The molecule has 0 heterocycles. The van der Waals surface area contributed by atoms with E-state index < -0.39 is 0 Å². The minimum Gasteiger partial charge on any atom is -0.313 e. The van der Waals surface area contributed by atoms with Crippen molar-refractivity contribution >= 4 is 5.69 Å². The molecule has 0 amide bonds. The summed E-state index contributed by atoms with van der Waals surface area (Å²) in [6.07, 6.45) is 3.22. The molecule has 19 heavy (non-hydrogen) atoms. The smallest absolute Gasteiger partial charge is 0.272 e. The highest BCUT2D eigenvalue weighted by Gasteiger charge is 2.29. The molecule has 1 aromatic rings. The van der Waals surface area contributed by atoms with Crippen molar-refractivity contribution in [3.8, 4) is 0 Å². The van der Waals surface area contributed by atoms with Crippen LogP contribution < -0.4 is 5.32 Å². The Morgan fingerprint density at radius 2 is 2.05 bits per heavy atom. The van der Waals surface area contributed by atoms with Crippen molar-refractivity contribution in [3.05, 3.63) is 39.9 Å². The molecule has 4 heteroatoms. The van der Waals surface area contributed by atoms with Gasteiger partial charge in [-0.05, 0) is 37.6 Å². The SMILES string of the molecule is CC1CCC(NCCc2ccccc2[N+](=O)[O-])C1C. The number of para-hydroxylation sites is 1. The van der Waals surface area contributed by atoms with Gasteiger partial charge in [0, 0.05) is 17.7 Å². The maximum absolute atomic E-state index is 10.9. The molecule has 104 valence electrons. The van der Waals surface area contributed by atoms with E-state index in [-0.39, 0.29) is 10.6 Å². The summed E-state index contributed by atoms with van der Waals surface area (Å²) in [5.41, 5.74) is 1.05. The first-order valence-electron chi connectivity index (χ1n) is 7.05. The monoisotopic (exact) mass is 262 g/mol. The third kappa shape index (κ3) is 3.32. The van der Waals surface area contributed by atoms with Crippen LogP contribution in [0.1, 0.15) is 32.3 Å². The third-order valence-electron chi connectivity index (χ3n) is 4.45. The van der Waals surface area contributed by atoms with Crippen molar-refractivity contribution in [3.63, 3.8) is 0 Å². The van der Waals surface area contributed by atoms with E-state index in [4.69, 9.17) is 0 Å². The molecule has 0 aromatic heterocycles. The van der Waals surface area contributed by atoms with Crippen LogP contribution in [0.25, 0.3) is 0 Å². The van der Waals surface area contributed by atoms with E-state index in [9.17, 15) is 10.1 Å². The zero-order valence-electron chi connectivity index (χ0n) is 11.6. The summed E-state index contributed by atoms with van der Waals surface area (Å²) in [4.78, 5) is 10.6. The van der Waals surface area contributed by atoms with Gasteiger partial charge in [0.15, 0.2) is 0 Å². The summed E-state index contributed by atoms with van der Waals surface area (Å²) in [6, 6.07) is 7.58. The first-order valence-corrected chi connectivity index (χ1v) is 7.05. The van der Waals surface area contributed by atoms with Crippen LogP contribution in [0.3, 0.4) is 0 Å². The number of nitro groups is 1. The van der Waals surface area contributed by atoms with E-state index in [1.807, 2.05) is 12.1 Å². The van der Waals surface area contributed by atoms with Crippen molar-refractivity contribution in [2.24, 2.45) is 11.8 Å². The molecule has 1 fully saturated rings. The number of nitrogens with zero attached hydrogens (tertiary/aromatic N) is 1. The number of rotatable bonds is 5. The summed E-state index contributed by atoms with van der Waals surface area (Å²) in [5, 5.41) is 14.5. The summed E-state index contributed by atoms with van der Waals surface area (Å²) >= 11 is 0. The van der Waals surface area contributed by atoms with E-state index in [0.717, 1.165) is 24.4 Å². The molecule has 0 aliphatic heterocycles. The molecule has 1 aromatic carbocycles. The highest BCUT2D eigenvalue weighted by atomic mass is 16.6. The maximum atomic E-state index is 10.9. The fraction of sp³-hybridized carbons (Fsp3) is 0.600. The van der Waals surface area contributed by atoms with Crippen LogP contribution in [-0.4, -0.2) is 17.5 Å². The van der Waals surface area contributed by atoms with Gasteiger partial charge in [0.25, 0.3) is 5.69 Å². The van der Waals surface area contributed by atoms with Gasteiger partial charge in [0.2, 0.25) is 0 Å². The van der Waals surface area contributed by atoms with Crippen LogP contribution in [-0.2, 0) is 6.42 Å². The van der Waals surface area contributed by atoms with Crippen LogP contribution in [0.15, 0.2) is 24.3 Å². The van der Waals surface area contributed by atoms with Crippen LogP contribution in [0.4, 0.5) is 5.69 Å². The highest BCUT2D eigenvalue weighted by molar-refractivity contribution is 5.39. The lowest BCUT2D eigenvalue weighted by atomic mass is 9.97. The average molecular weight is 262 g/mol. The molecule has 0 spiro atoms. The molecule has 1 saturated carbocycles. The molecular formula is C15H22N2O2. The number of hydrogen-bond donors (Lipinski definition) is 1. The van der Waals surface area contributed by atoms with E-state index >= 15 is 0 Å². The Morgan fingerprint density at radius 1 is 1.32 bits per heavy atom. The zero-order valence-corrected chi connectivity index (χ0v) is 11.6. The van der Waals surface area contributed by atoms with Gasteiger partial charge < -0.3 is 5.32 Å². The maximum Gasteiger partial charge on any atom is 0.272 e. The lowest BCUT2D eigenvalue weighted by Gasteiger charge is -2.19. The average Bonchev–Trinajstić information content (AvgIpc) is 2.71. The first kappa shape index (κ1) is 14.0. The van der Waals surface area contributed by atoms with Gasteiger partial charge in [-0.25, -0.2) is 0 Å². The Morgan fingerprint density at radius 3 is 2.68 bits per heavy atom. The number of hydrogen-bond acceptors (Lipinski definition) is 3. The third-order valence-corrected chi connectivity index (χ3v) is 4.45. The minimum atomic E-state index is -0.296. The Hall–Kier alpha value is -1.42. The summed E-state index contributed by atoms with van der Waals surface area (Å²) in [6.45, 7) is 5.40. The number of nitrogens with one attached hydrogen (secondary N) is 1. The van der Waals surface area contributed by atoms with Crippen LogP contribution in [0, 0.1) is 22.0 Å².